The summed E-state index contributed by atoms with van der Waals surface area (Å²) in [4.78, 5) is 2.48. The molecule has 1 fully saturated rings. The van der Waals surface area contributed by atoms with Crippen LogP contribution in [0.25, 0.3) is 0 Å². The van der Waals surface area contributed by atoms with Crippen LogP contribution in [-0.4, -0.2) is 35.6 Å². The molecule has 0 aromatic heterocycles. The van der Waals surface area contributed by atoms with Crippen molar-refractivity contribution in [3.63, 3.8) is 0 Å². The smallest absolute Gasteiger partial charge is 0.142 e. The molecule has 0 bridgehead atoms. The Labute approximate surface area is 98.5 Å². The zero-order chi connectivity index (χ0) is 12.2. The molecule has 3 N–H and O–H groups in total. The highest BCUT2D eigenvalue weighted by atomic mass is 16.4. The van der Waals surface area contributed by atoms with Crippen LogP contribution in [0.4, 0.5) is 0 Å². The Morgan fingerprint density at radius 3 is 2.38 bits per heavy atom. The number of piperidine rings is 1. The van der Waals surface area contributed by atoms with Gasteiger partial charge in [0.15, 0.2) is 0 Å². The Morgan fingerprint density at radius 2 is 1.94 bits per heavy atom. The van der Waals surface area contributed by atoms with E-state index in [0.717, 1.165) is 32.5 Å². The minimum absolute atomic E-state index is 0.274. The summed E-state index contributed by atoms with van der Waals surface area (Å²) in [5.74, 6) is 0.673. The Bertz CT molecular complexity index is 237. The second-order valence-corrected chi connectivity index (χ2v) is 5.95. The lowest BCUT2D eigenvalue weighted by atomic mass is 9.90. The molecular weight excluding hydrogens is 202 g/mol. The maximum Gasteiger partial charge on any atom is 0.142 e. The third-order valence-electron chi connectivity index (χ3n) is 3.30. The largest absolute Gasteiger partial charge is 0.409 e. The minimum Gasteiger partial charge on any atom is -0.409 e. The van der Waals surface area contributed by atoms with E-state index in [-0.39, 0.29) is 5.92 Å². The second kappa shape index (κ2) is 5.53. The number of hydrogen-bond acceptors (Lipinski definition) is 3. The molecule has 0 unspecified atom stereocenters. The van der Waals surface area contributed by atoms with Gasteiger partial charge in [-0.05, 0) is 44.3 Å². The highest BCUT2D eigenvalue weighted by Gasteiger charge is 2.23. The van der Waals surface area contributed by atoms with Crippen LogP contribution in [-0.2, 0) is 0 Å². The maximum absolute atomic E-state index is 8.61. The van der Waals surface area contributed by atoms with Crippen molar-refractivity contribution in [2.75, 3.05) is 19.6 Å². The molecule has 4 heteroatoms. The van der Waals surface area contributed by atoms with E-state index in [0.29, 0.717) is 11.3 Å². The van der Waals surface area contributed by atoms with Gasteiger partial charge in [0, 0.05) is 5.92 Å². The van der Waals surface area contributed by atoms with Gasteiger partial charge in [0.2, 0.25) is 0 Å². The van der Waals surface area contributed by atoms with Crippen molar-refractivity contribution < 1.29 is 5.21 Å². The van der Waals surface area contributed by atoms with Gasteiger partial charge < -0.3 is 15.8 Å². The van der Waals surface area contributed by atoms with Crippen LogP contribution in [0.1, 0.15) is 40.0 Å². The summed E-state index contributed by atoms with van der Waals surface area (Å²) >= 11 is 0. The number of hydrogen-bond donors (Lipinski definition) is 2. The summed E-state index contributed by atoms with van der Waals surface area (Å²) in [6.07, 6.45) is 3.25. The van der Waals surface area contributed by atoms with Crippen LogP contribution in [0, 0.1) is 11.3 Å². The Hall–Kier alpha value is -0.770. The molecule has 0 amide bonds. The van der Waals surface area contributed by atoms with Crippen LogP contribution in [0.2, 0.25) is 0 Å². The lowest BCUT2D eigenvalue weighted by Crippen LogP contribution is -2.39. The van der Waals surface area contributed by atoms with Crippen LogP contribution < -0.4 is 5.73 Å². The molecule has 1 aliphatic heterocycles. The van der Waals surface area contributed by atoms with E-state index >= 15 is 0 Å². The van der Waals surface area contributed by atoms with E-state index in [9.17, 15) is 0 Å². The lowest BCUT2D eigenvalue weighted by Gasteiger charge is -2.33. The summed E-state index contributed by atoms with van der Waals surface area (Å²) in [6, 6.07) is 0. The number of oxime groups is 1. The first-order chi connectivity index (χ1) is 7.42. The molecule has 0 atom stereocenters. The molecular formula is C12H25N3O. The van der Waals surface area contributed by atoms with E-state index in [2.05, 4.69) is 30.8 Å². The van der Waals surface area contributed by atoms with Crippen LogP contribution in [0.3, 0.4) is 0 Å². The quantitative estimate of drug-likeness (QED) is 0.335. The van der Waals surface area contributed by atoms with Gasteiger partial charge in [0.05, 0.1) is 0 Å². The van der Waals surface area contributed by atoms with E-state index in [4.69, 9.17) is 10.9 Å². The molecule has 0 saturated carbocycles. The third kappa shape index (κ3) is 4.39. The number of rotatable bonds is 3. The van der Waals surface area contributed by atoms with Gasteiger partial charge >= 0.3 is 0 Å². The molecule has 94 valence electrons. The average molecular weight is 227 g/mol. The Morgan fingerprint density at radius 1 is 1.38 bits per heavy atom. The summed E-state index contributed by atoms with van der Waals surface area (Å²) in [6.45, 7) is 10.1. The predicted molar refractivity (Wildman–Crippen MR) is 66.6 cm³/mol. The number of likely N-dealkylation sites (tertiary alicyclic amines) is 1. The topological polar surface area (TPSA) is 61.8 Å². The number of nitrogens with two attached hydrogens (primary N) is 1. The van der Waals surface area contributed by atoms with Gasteiger partial charge in [-0.1, -0.05) is 25.9 Å². The summed E-state index contributed by atoms with van der Waals surface area (Å²) in [5, 5.41) is 11.7. The van der Waals surface area contributed by atoms with E-state index in [1.165, 1.54) is 6.42 Å². The predicted octanol–water partition coefficient (Wildman–Crippen LogP) is 1.88. The van der Waals surface area contributed by atoms with Crippen molar-refractivity contribution in [1.82, 2.24) is 4.90 Å². The first-order valence-electron chi connectivity index (χ1n) is 6.12. The summed E-state index contributed by atoms with van der Waals surface area (Å²) < 4.78 is 0. The van der Waals surface area contributed by atoms with Gasteiger partial charge in [-0.25, -0.2) is 0 Å². The van der Waals surface area contributed by atoms with Crippen molar-refractivity contribution >= 4 is 5.84 Å². The first-order valence-corrected chi connectivity index (χ1v) is 6.12. The van der Waals surface area contributed by atoms with Gasteiger partial charge in [-0.2, -0.15) is 0 Å². The Balaban J connectivity index is 2.27. The van der Waals surface area contributed by atoms with Crippen molar-refractivity contribution in [3.8, 4) is 0 Å². The van der Waals surface area contributed by atoms with Gasteiger partial charge in [0.1, 0.15) is 5.84 Å². The SMILES string of the molecule is CC(C)(C)CCN1CCC(C(N)=NO)CC1. The fourth-order valence-electron chi connectivity index (χ4n) is 2.03. The fraction of sp³-hybridized carbons (Fsp3) is 0.917. The molecule has 0 aliphatic carbocycles. The number of nitrogens with zero attached hydrogens (tertiary/aromatic N) is 2. The van der Waals surface area contributed by atoms with Crippen molar-refractivity contribution in [1.29, 1.82) is 0 Å². The highest BCUT2D eigenvalue weighted by Crippen LogP contribution is 2.22. The van der Waals surface area contributed by atoms with Crippen molar-refractivity contribution in [3.05, 3.63) is 0 Å². The summed E-state index contributed by atoms with van der Waals surface area (Å²) in [5.41, 5.74) is 6.02. The first kappa shape index (κ1) is 13.3. The fourth-order valence-corrected chi connectivity index (χ4v) is 2.03. The van der Waals surface area contributed by atoms with Gasteiger partial charge in [0.25, 0.3) is 0 Å². The molecule has 1 saturated heterocycles. The van der Waals surface area contributed by atoms with Crippen molar-refractivity contribution in [2.24, 2.45) is 22.2 Å². The zero-order valence-electron chi connectivity index (χ0n) is 10.7. The van der Waals surface area contributed by atoms with Crippen LogP contribution >= 0.6 is 0 Å². The average Bonchev–Trinajstić information content (AvgIpc) is 2.25. The second-order valence-electron chi connectivity index (χ2n) is 5.95. The molecule has 1 heterocycles. The molecule has 0 spiro atoms. The van der Waals surface area contributed by atoms with E-state index in [1.54, 1.807) is 0 Å². The monoisotopic (exact) mass is 227 g/mol. The summed E-state index contributed by atoms with van der Waals surface area (Å²) in [7, 11) is 0. The lowest BCUT2D eigenvalue weighted by molar-refractivity contribution is 0.180. The molecule has 1 rings (SSSR count). The van der Waals surface area contributed by atoms with E-state index < -0.39 is 0 Å². The Kier molecular flexibility index (Phi) is 4.59. The van der Waals surface area contributed by atoms with Gasteiger partial charge in [-0.15, -0.1) is 0 Å². The van der Waals surface area contributed by atoms with Crippen LogP contribution in [0.5, 0.6) is 0 Å². The molecule has 0 radical (unpaired) electrons. The molecule has 0 aromatic rings. The number of amidine groups is 1. The molecule has 16 heavy (non-hydrogen) atoms. The molecule has 1 aliphatic rings. The minimum atomic E-state index is 0.274. The highest BCUT2D eigenvalue weighted by molar-refractivity contribution is 5.82. The van der Waals surface area contributed by atoms with Gasteiger partial charge in [-0.3, -0.25) is 0 Å². The van der Waals surface area contributed by atoms with Crippen LogP contribution in [0.15, 0.2) is 5.16 Å². The van der Waals surface area contributed by atoms with E-state index in [1.807, 2.05) is 0 Å². The zero-order valence-corrected chi connectivity index (χ0v) is 10.7. The maximum atomic E-state index is 8.61. The standard InChI is InChI=1S/C12H25N3O/c1-12(2,3)6-9-15-7-4-10(5-8-15)11(13)14-16/h10,16H,4-9H2,1-3H3,(H2,13,14). The normalized spacial score (nSPS) is 21.3. The van der Waals surface area contributed by atoms with Crippen molar-refractivity contribution in [2.45, 2.75) is 40.0 Å². The molecule has 4 nitrogen and oxygen atoms in total. The third-order valence-corrected chi connectivity index (χ3v) is 3.30. The molecule has 0 aromatic carbocycles.